The summed E-state index contributed by atoms with van der Waals surface area (Å²) in [4.78, 5) is 6.68. The Hall–Kier alpha value is -0.930. The van der Waals surface area contributed by atoms with Gasteiger partial charge in [0.2, 0.25) is 0 Å². The molecule has 2 heterocycles. The lowest BCUT2D eigenvalue weighted by molar-refractivity contribution is 0.144. The summed E-state index contributed by atoms with van der Waals surface area (Å²) < 4.78 is 0. The molecule has 0 saturated carbocycles. The van der Waals surface area contributed by atoms with Gasteiger partial charge in [0.05, 0.1) is 0 Å². The van der Waals surface area contributed by atoms with E-state index in [1.807, 2.05) is 12.4 Å². The standard InChI is InChI=1S/C15H25N3/c1-12(2)10-15-11-18(9-8-17-15)13(3)14-4-6-16-7-5-14/h4-7,12-13,15,17H,8-11H2,1-3H3. The van der Waals surface area contributed by atoms with Crippen LogP contribution in [-0.2, 0) is 0 Å². The second kappa shape index (κ2) is 6.30. The third-order valence-electron chi connectivity index (χ3n) is 3.78. The number of nitrogens with one attached hydrogen (secondary N) is 1. The van der Waals surface area contributed by atoms with Crippen LogP contribution in [0.3, 0.4) is 0 Å². The maximum absolute atomic E-state index is 4.10. The molecular weight excluding hydrogens is 222 g/mol. The molecule has 3 nitrogen and oxygen atoms in total. The van der Waals surface area contributed by atoms with Crippen molar-refractivity contribution in [1.29, 1.82) is 0 Å². The van der Waals surface area contributed by atoms with E-state index in [2.05, 4.69) is 48.1 Å². The van der Waals surface area contributed by atoms with Gasteiger partial charge in [-0.1, -0.05) is 13.8 Å². The highest BCUT2D eigenvalue weighted by Gasteiger charge is 2.24. The van der Waals surface area contributed by atoms with Crippen molar-refractivity contribution >= 4 is 0 Å². The molecule has 1 N–H and O–H groups in total. The molecule has 1 aliphatic rings. The Morgan fingerprint density at radius 3 is 2.72 bits per heavy atom. The van der Waals surface area contributed by atoms with Crippen molar-refractivity contribution in [2.45, 2.75) is 39.3 Å². The van der Waals surface area contributed by atoms with E-state index < -0.39 is 0 Å². The fourth-order valence-electron chi connectivity index (χ4n) is 2.78. The molecular formula is C15H25N3. The van der Waals surface area contributed by atoms with Crippen LogP contribution >= 0.6 is 0 Å². The molecule has 100 valence electrons. The fourth-order valence-corrected chi connectivity index (χ4v) is 2.78. The molecule has 2 unspecified atom stereocenters. The number of hydrogen-bond acceptors (Lipinski definition) is 3. The van der Waals surface area contributed by atoms with Gasteiger partial charge < -0.3 is 5.32 Å². The second-order valence-electron chi connectivity index (χ2n) is 5.73. The second-order valence-corrected chi connectivity index (χ2v) is 5.73. The predicted octanol–water partition coefficient (Wildman–Crippen LogP) is 2.46. The van der Waals surface area contributed by atoms with Crippen molar-refractivity contribution in [3.8, 4) is 0 Å². The average Bonchev–Trinajstić information content (AvgIpc) is 2.38. The van der Waals surface area contributed by atoms with E-state index in [9.17, 15) is 0 Å². The molecule has 0 aromatic carbocycles. The zero-order chi connectivity index (χ0) is 13.0. The first-order chi connectivity index (χ1) is 8.66. The minimum Gasteiger partial charge on any atom is -0.311 e. The first kappa shape index (κ1) is 13.5. The Bertz CT molecular complexity index is 350. The van der Waals surface area contributed by atoms with Crippen LogP contribution in [0.2, 0.25) is 0 Å². The van der Waals surface area contributed by atoms with E-state index >= 15 is 0 Å². The minimum absolute atomic E-state index is 0.491. The van der Waals surface area contributed by atoms with Gasteiger partial charge in [-0.25, -0.2) is 0 Å². The summed E-state index contributed by atoms with van der Waals surface area (Å²) in [6.07, 6.45) is 5.04. The molecule has 1 fully saturated rings. The van der Waals surface area contributed by atoms with Crippen LogP contribution in [-0.4, -0.2) is 35.6 Å². The summed E-state index contributed by atoms with van der Waals surface area (Å²) in [5.41, 5.74) is 1.37. The quantitative estimate of drug-likeness (QED) is 0.886. The van der Waals surface area contributed by atoms with Crippen molar-refractivity contribution < 1.29 is 0 Å². The zero-order valence-electron chi connectivity index (χ0n) is 11.8. The molecule has 2 atom stereocenters. The molecule has 3 heteroatoms. The van der Waals surface area contributed by atoms with Crippen molar-refractivity contribution in [3.05, 3.63) is 30.1 Å². The highest BCUT2D eigenvalue weighted by Crippen LogP contribution is 2.21. The van der Waals surface area contributed by atoms with E-state index in [1.54, 1.807) is 0 Å². The zero-order valence-corrected chi connectivity index (χ0v) is 11.8. The Morgan fingerprint density at radius 1 is 1.33 bits per heavy atom. The molecule has 0 bridgehead atoms. The predicted molar refractivity (Wildman–Crippen MR) is 75.5 cm³/mol. The summed E-state index contributed by atoms with van der Waals surface area (Å²) in [7, 11) is 0. The molecule has 0 spiro atoms. The monoisotopic (exact) mass is 247 g/mol. The number of piperazine rings is 1. The molecule has 1 saturated heterocycles. The van der Waals surface area contributed by atoms with Crippen LogP contribution < -0.4 is 5.32 Å². The lowest BCUT2D eigenvalue weighted by atomic mass is 10.00. The van der Waals surface area contributed by atoms with Crippen LogP contribution in [0.5, 0.6) is 0 Å². The van der Waals surface area contributed by atoms with Crippen molar-refractivity contribution in [1.82, 2.24) is 15.2 Å². The Kier molecular flexibility index (Phi) is 4.72. The number of nitrogens with zero attached hydrogens (tertiary/aromatic N) is 2. The van der Waals surface area contributed by atoms with Gasteiger partial charge in [0, 0.05) is 44.1 Å². The number of rotatable bonds is 4. The van der Waals surface area contributed by atoms with Crippen molar-refractivity contribution in [2.24, 2.45) is 5.92 Å². The molecule has 1 aromatic heterocycles. The Labute approximate surface area is 111 Å². The van der Waals surface area contributed by atoms with Gasteiger partial charge in [-0.2, -0.15) is 0 Å². The average molecular weight is 247 g/mol. The van der Waals surface area contributed by atoms with E-state index in [4.69, 9.17) is 0 Å². The first-order valence-corrected chi connectivity index (χ1v) is 7.04. The molecule has 1 aromatic rings. The SMILES string of the molecule is CC(C)CC1CN(C(C)c2ccncc2)CCN1. The van der Waals surface area contributed by atoms with Crippen LogP contribution in [0.15, 0.2) is 24.5 Å². The molecule has 0 amide bonds. The van der Waals surface area contributed by atoms with Crippen LogP contribution in [0.4, 0.5) is 0 Å². The fraction of sp³-hybridized carbons (Fsp3) is 0.667. The smallest absolute Gasteiger partial charge is 0.0322 e. The molecule has 0 aliphatic carbocycles. The van der Waals surface area contributed by atoms with Gasteiger partial charge in [-0.15, -0.1) is 0 Å². The molecule has 2 rings (SSSR count). The summed E-state index contributed by atoms with van der Waals surface area (Å²) in [6, 6.07) is 5.39. The summed E-state index contributed by atoms with van der Waals surface area (Å²) in [5.74, 6) is 0.763. The Morgan fingerprint density at radius 2 is 2.06 bits per heavy atom. The normalized spacial score (nSPS) is 23.2. The number of pyridine rings is 1. The molecule has 0 radical (unpaired) electrons. The van der Waals surface area contributed by atoms with Crippen LogP contribution in [0.25, 0.3) is 0 Å². The van der Waals surface area contributed by atoms with E-state index in [1.165, 1.54) is 12.0 Å². The third-order valence-corrected chi connectivity index (χ3v) is 3.78. The number of hydrogen-bond donors (Lipinski definition) is 1. The van der Waals surface area contributed by atoms with E-state index in [-0.39, 0.29) is 0 Å². The highest BCUT2D eigenvalue weighted by atomic mass is 15.2. The van der Waals surface area contributed by atoms with Gasteiger partial charge in [-0.3, -0.25) is 9.88 Å². The summed E-state index contributed by atoms with van der Waals surface area (Å²) in [5, 5.41) is 3.63. The largest absolute Gasteiger partial charge is 0.311 e. The molecule has 1 aliphatic heterocycles. The van der Waals surface area contributed by atoms with Crippen LogP contribution in [0.1, 0.15) is 38.8 Å². The lowest BCUT2D eigenvalue weighted by Gasteiger charge is -2.38. The Balaban J connectivity index is 1.96. The van der Waals surface area contributed by atoms with Gasteiger partial charge in [-0.05, 0) is 37.0 Å². The van der Waals surface area contributed by atoms with E-state index in [0.717, 1.165) is 25.6 Å². The van der Waals surface area contributed by atoms with Crippen molar-refractivity contribution in [2.75, 3.05) is 19.6 Å². The van der Waals surface area contributed by atoms with Crippen LogP contribution in [0, 0.1) is 5.92 Å². The lowest BCUT2D eigenvalue weighted by Crippen LogP contribution is -2.51. The topological polar surface area (TPSA) is 28.2 Å². The first-order valence-electron chi connectivity index (χ1n) is 7.04. The van der Waals surface area contributed by atoms with E-state index in [0.29, 0.717) is 12.1 Å². The maximum Gasteiger partial charge on any atom is 0.0322 e. The minimum atomic E-state index is 0.491. The van der Waals surface area contributed by atoms with Gasteiger partial charge in [0.15, 0.2) is 0 Å². The van der Waals surface area contributed by atoms with Crippen molar-refractivity contribution in [3.63, 3.8) is 0 Å². The molecule has 18 heavy (non-hydrogen) atoms. The maximum atomic E-state index is 4.10. The van der Waals surface area contributed by atoms with Gasteiger partial charge >= 0.3 is 0 Å². The van der Waals surface area contributed by atoms with Gasteiger partial charge in [0.25, 0.3) is 0 Å². The van der Waals surface area contributed by atoms with Gasteiger partial charge in [0.1, 0.15) is 0 Å². The number of aromatic nitrogens is 1. The summed E-state index contributed by atoms with van der Waals surface area (Å²) >= 11 is 0. The highest BCUT2D eigenvalue weighted by molar-refractivity contribution is 5.14. The third kappa shape index (κ3) is 3.53. The summed E-state index contributed by atoms with van der Waals surface area (Å²) in [6.45, 7) is 10.3.